The van der Waals surface area contributed by atoms with Crippen molar-refractivity contribution in [3.63, 3.8) is 0 Å². The number of hydrogen-bond donors (Lipinski definition) is 0. The molecule has 0 aliphatic heterocycles. The smallest absolute Gasteiger partial charge is 0.329 e. The van der Waals surface area contributed by atoms with E-state index in [1.807, 2.05) is 13.0 Å². The van der Waals surface area contributed by atoms with Crippen LogP contribution in [0.3, 0.4) is 0 Å². The van der Waals surface area contributed by atoms with Crippen LogP contribution in [0.4, 0.5) is 0 Å². The minimum absolute atomic E-state index is 0.207. The highest BCUT2D eigenvalue weighted by atomic mass is 35.5. The summed E-state index contributed by atoms with van der Waals surface area (Å²) in [5.41, 5.74) is 0.799. The molecule has 0 aliphatic rings. The van der Waals surface area contributed by atoms with Crippen molar-refractivity contribution >= 4 is 23.3 Å². The molecule has 6 heteroatoms. The van der Waals surface area contributed by atoms with E-state index in [1.165, 1.54) is 6.20 Å². The Kier molecular flexibility index (Phi) is 6.68. The third-order valence-electron chi connectivity index (χ3n) is 2.47. The molecule has 20 heavy (non-hydrogen) atoms. The summed E-state index contributed by atoms with van der Waals surface area (Å²) in [4.78, 5) is 20.1. The number of ether oxygens (including phenoxy) is 1. The summed E-state index contributed by atoms with van der Waals surface area (Å²) in [5, 5.41) is 9.46. The Bertz CT molecular complexity index is 537. The van der Waals surface area contributed by atoms with E-state index >= 15 is 0 Å². The van der Waals surface area contributed by atoms with Gasteiger partial charge in [-0.25, -0.2) is 4.98 Å². The monoisotopic (exact) mass is 293 g/mol. The number of aliphatic imine (C=N–C) groups is 1. The molecule has 5 nitrogen and oxygen atoms in total. The fraction of sp³-hybridized carbons (Fsp3) is 0.429. The van der Waals surface area contributed by atoms with Gasteiger partial charge in [-0.3, -0.25) is 9.79 Å². The SMILES string of the molecule is CCCN=C(c1cccnc1Cl)C(C#N)C(=O)OCC. The van der Waals surface area contributed by atoms with Crippen LogP contribution in [-0.4, -0.2) is 29.8 Å². The van der Waals surface area contributed by atoms with Crippen molar-refractivity contribution in [2.75, 3.05) is 13.2 Å². The molecule has 106 valence electrons. The number of nitrogens with zero attached hydrogens (tertiary/aromatic N) is 3. The van der Waals surface area contributed by atoms with Gasteiger partial charge in [-0.2, -0.15) is 5.26 Å². The third-order valence-corrected chi connectivity index (χ3v) is 2.77. The van der Waals surface area contributed by atoms with E-state index in [0.29, 0.717) is 17.8 Å². The Hall–Kier alpha value is -1.93. The second-order valence-corrected chi connectivity index (χ2v) is 4.28. The number of esters is 1. The Morgan fingerprint density at radius 2 is 2.35 bits per heavy atom. The molecule has 0 N–H and O–H groups in total. The van der Waals surface area contributed by atoms with Crippen LogP contribution in [-0.2, 0) is 9.53 Å². The first kappa shape index (κ1) is 16.1. The average molecular weight is 294 g/mol. The fourth-order valence-electron chi connectivity index (χ4n) is 1.59. The van der Waals surface area contributed by atoms with Crippen LogP contribution in [0.2, 0.25) is 5.15 Å². The van der Waals surface area contributed by atoms with Gasteiger partial charge in [-0.1, -0.05) is 18.5 Å². The van der Waals surface area contributed by atoms with Gasteiger partial charge < -0.3 is 4.74 Å². The number of carbonyl (C=O) groups excluding carboxylic acids is 1. The lowest BCUT2D eigenvalue weighted by Gasteiger charge is -2.13. The van der Waals surface area contributed by atoms with Gasteiger partial charge in [0.2, 0.25) is 0 Å². The van der Waals surface area contributed by atoms with E-state index < -0.39 is 11.9 Å². The molecule has 0 amide bonds. The lowest BCUT2D eigenvalue weighted by atomic mass is 9.99. The van der Waals surface area contributed by atoms with E-state index in [0.717, 1.165) is 6.42 Å². The predicted octanol–water partition coefficient (Wildman–Crippen LogP) is 2.64. The zero-order chi connectivity index (χ0) is 15.0. The highest BCUT2D eigenvalue weighted by Gasteiger charge is 2.28. The molecule has 1 rings (SSSR count). The molecule has 0 aromatic carbocycles. The van der Waals surface area contributed by atoms with E-state index in [2.05, 4.69) is 9.98 Å². The molecule has 0 bridgehead atoms. The summed E-state index contributed by atoms with van der Waals surface area (Å²) in [6.07, 6.45) is 2.33. The maximum absolute atomic E-state index is 11.9. The zero-order valence-corrected chi connectivity index (χ0v) is 12.2. The molecule has 0 spiro atoms. The molecular weight excluding hydrogens is 278 g/mol. The lowest BCUT2D eigenvalue weighted by molar-refractivity contribution is -0.143. The second-order valence-electron chi connectivity index (χ2n) is 3.92. The van der Waals surface area contributed by atoms with Gasteiger partial charge >= 0.3 is 5.97 Å². The summed E-state index contributed by atoms with van der Waals surface area (Å²) in [5.74, 6) is -1.71. The van der Waals surface area contributed by atoms with Crippen molar-refractivity contribution in [1.29, 1.82) is 5.26 Å². The third kappa shape index (κ3) is 4.04. The molecule has 0 radical (unpaired) electrons. The van der Waals surface area contributed by atoms with E-state index in [4.69, 9.17) is 16.3 Å². The van der Waals surface area contributed by atoms with Crippen molar-refractivity contribution in [2.45, 2.75) is 20.3 Å². The Morgan fingerprint density at radius 3 is 2.90 bits per heavy atom. The molecular formula is C14H16ClN3O2. The van der Waals surface area contributed by atoms with E-state index in [-0.39, 0.29) is 11.8 Å². The number of pyridine rings is 1. The molecule has 0 fully saturated rings. The molecule has 0 aliphatic carbocycles. The molecule has 0 saturated heterocycles. The predicted molar refractivity (Wildman–Crippen MR) is 76.7 cm³/mol. The molecule has 0 saturated carbocycles. The Morgan fingerprint density at radius 1 is 1.60 bits per heavy atom. The Balaban J connectivity index is 3.22. The highest BCUT2D eigenvalue weighted by molar-refractivity contribution is 6.34. The molecule has 1 heterocycles. The summed E-state index contributed by atoms with van der Waals surface area (Å²) in [6, 6.07) is 5.30. The quantitative estimate of drug-likeness (QED) is 0.459. The molecule has 1 aromatic rings. The minimum atomic E-state index is -1.09. The van der Waals surface area contributed by atoms with Crippen LogP contribution in [0, 0.1) is 17.2 Å². The maximum atomic E-state index is 11.9. The van der Waals surface area contributed by atoms with Crippen LogP contribution in [0.25, 0.3) is 0 Å². The second kappa shape index (κ2) is 8.28. The fourth-order valence-corrected chi connectivity index (χ4v) is 1.81. The van der Waals surface area contributed by atoms with Crippen molar-refractivity contribution in [3.8, 4) is 6.07 Å². The van der Waals surface area contributed by atoms with Crippen molar-refractivity contribution in [2.24, 2.45) is 10.9 Å². The number of aromatic nitrogens is 1. The zero-order valence-electron chi connectivity index (χ0n) is 11.5. The highest BCUT2D eigenvalue weighted by Crippen LogP contribution is 2.18. The molecule has 1 aromatic heterocycles. The Labute approximate surface area is 123 Å². The van der Waals surface area contributed by atoms with Gasteiger partial charge in [0.05, 0.1) is 18.4 Å². The summed E-state index contributed by atoms with van der Waals surface area (Å²) >= 11 is 6.03. The first-order valence-electron chi connectivity index (χ1n) is 6.37. The van der Waals surface area contributed by atoms with E-state index in [9.17, 15) is 10.1 Å². The molecule has 1 atom stereocenters. The van der Waals surface area contributed by atoms with Gasteiger partial charge in [-0.15, -0.1) is 0 Å². The first-order valence-corrected chi connectivity index (χ1v) is 6.74. The van der Waals surface area contributed by atoms with Crippen LogP contribution < -0.4 is 0 Å². The normalized spacial score (nSPS) is 12.6. The van der Waals surface area contributed by atoms with Gasteiger partial charge in [0.15, 0.2) is 5.92 Å². The summed E-state index contributed by atoms with van der Waals surface area (Å²) in [7, 11) is 0. The van der Waals surface area contributed by atoms with Gasteiger partial charge in [0.1, 0.15) is 5.15 Å². The standard InChI is InChI=1S/C14H16ClN3O2/c1-3-7-17-12(10-6-5-8-18-13(10)15)11(9-16)14(19)20-4-2/h5-6,8,11H,3-4,7H2,1-2H3. The summed E-state index contributed by atoms with van der Waals surface area (Å²) < 4.78 is 4.91. The van der Waals surface area contributed by atoms with E-state index in [1.54, 1.807) is 19.1 Å². The summed E-state index contributed by atoms with van der Waals surface area (Å²) in [6.45, 7) is 4.35. The van der Waals surface area contributed by atoms with Crippen molar-refractivity contribution in [3.05, 3.63) is 29.0 Å². The largest absolute Gasteiger partial charge is 0.465 e. The number of rotatable bonds is 6. The van der Waals surface area contributed by atoms with Crippen LogP contribution in [0.15, 0.2) is 23.3 Å². The number of hydrogen-bond acceptors (Lipinski definition) is 5. The van der Waals surface area contributed by atoms with Crippen LogP contribution in [0.5, 0.6) is 0 Å². The average Bonchev–Trinajstić information content (AvgIpc) is 2.44. The van der Waals surface area contributed by atoms with Crippen molar-refractivity contribution in [1.82, 2.24) is 4.98 Å². The van der Waals surface area contributed by atoms with Gasteiger partial charge in [0.25, 0.3) is 0 Å². The lowest BCUT2D eigenvalue weighted by Crippen LogP contribution is -2.26. The van der Waals surface area contributed by atoms with Gasteiger partial charge in [0, 0.05) is 18.3 Å². The van der Waals surface area contributed by atoms with Crippen LogP contribution >= 0.6 is 11.6 Å². The number of nitriles is 1. The van der Waals surface area contributed by atoms with Gasteiger partial charge in [-0.05, 0) is 25.5 Å². The van der Waals surface area contributed by atoms with Crippen molar-refractivity contribution < 1.29 is 9.53 Å². The molecule has 1 unspecified atom stereocenters. The number of halogens is 1. The van der Waals surface area contributed by atoms with Crippen LogP contribution in [0.1, 0.15) is 25.8 Å². The number of carbonyl (C=O) groups is 1. The maximum Gasteiger partial charge on any atom is 0.329 e. The minimum Gasteiger partial charge on any atom is -0.465 e. The first-order chi connectivity index (χ1) is 9.65. The topological polar surface area (TPSA) is 75.3 Å².